The number of carbonyl (C=O) groups is 1. The molecule has 0 saturated carbocycles. The molecule has 3 heteroatoms. The van der Waals surface area contributed by atoms with Crippen molar-refractivity contribution in [3.8, 4) is 11.5 Å². The van der Waals surface area contributed by atoms with E-state index in [0.29, 0.717) is 17.1 Å². The number of benzene rings is 1. The highest BCUT2D eigenvalue weighted by molar-refractivity contribution is 6.15. The molecule has 0 bridgehead atoms. The molecule has 1 aliphatic rings. The lowest BCUT2D eigenvalue weighted by atomic mass is 9.82. The first-order valence-electron chi connectivity index (χ1n) is 5.95. The van der Waals surface area contributed by atoms with Crippen molar-refractivity contribution in [3.63, 3.8) is 0 Å². The summed E-state index contributed by atoms with van der Waals surface area (Å²) >= 11 is 0. The maximum Gasteiger partial charge on any atom is 0.190 e. The summed E-state index contributed by atoms with van der Waals surface area (Å²) in [7, 11) is 3.18. The molecule has 18 heavy (non-hydrogen) atoms. The van der Waals surface area contributed by atoms with E-state index in [1.807, 2.05) is 19.1 Å². The quantitative estimate of drug-likeness (QED) is 0.752. The van der Waals surface area contributed by atoms with Crippen LogP contribution in [0.15, 0.2) is 23.8 Å². The minimum absolute atomic E-state index is 0.0819. The van der Waals surface area contributed by atoms with Crippen LogP contribution < -0.4 is 9.47 Å². The Morgan fingerprint density at radius 2 is 1.67 bits per heavy atom. The maximum absolute atomic E-state index is 12.3. The Kier molecular flexibility index (Phi) is 2.93. The molecule has 0 atom stereocenters. The number of ketones is 1. The lowest BCUT2D eigenvalue weighted by Crippen LogP contribution is -2.16. The Labute approximate surface area is 107 Å². The molecule has 0 N–H and O–H groups in total. The highest BCUT2D eigenvalue weighted by Crippen LogP contribution is 2.46. The van der Waals surface area contributed by atoms with Gasteiger partial charge in [0.1, 0.15) is 0 Å². The fraction of sp³-hybridized carbons (Fsp3) is 0.400. The predicted octanol–water partition coefficient (Wildman–Crippen LogP) is 3.12. The van der Waals surface area contributed by atoms with Gasteiger partial charge in [0.2, 0.25) is 0 Å². The molecule has 0 fully saturated rings. The summed E-state index contributed by atoms with van der Waals surface area (Å²) in [5, 5.41) is 0. The second kappa shape index (κ2) is 4.16. The van der Waals surface area contributed by atoms with Crippen LogP contribution >= 0.6 is 0 Å². The van der Waals surface area contributed by atoms with Gasteiger partial charge < -0.3 is 9.47 Å². The Hall–Kier alpha value is -1.77. The van der Waals surface area contributed by atoms with Crippen molar-refractivity contribution in [3.05, 3.63) is 34.9 Å². The van der Waals surface area contributed by atoms with Crippen molar-refractivity contribution in [1.82, 2.24) is 0 Å². The van der Waals surface area contributed by atoms with Gasteiger partial charge in [0.15, 0.2) is 17.3 Å². The van der Waals surface area contributed by atoms with E-state index in [2.05, 4.69) is 13.8 Å². The summed E-state index contributed by atoms with van der Waals surface area (Å²) in [4.78, 5) is 12.3. The number of hydrogen-bond donors (Lipinski definition) is 0. The number of Topliss-reactive ketones (excluding diaryl/α,β-unsaturated/α-hetero) is 1. The standard InChI is InChI=1S/C15H18O3/c1-6-10-14(16)9-7-12(17-4)13(18-5)8-11(9)15(10,2)3/h6-8H,1-5H3/b10-6+. The zero-order valence-electron chi connectivity index (χ0n) is 11.5. The summed E-state index contributed by atoms with van der Waals surface area (Å²) in [5.41, 5.74) is 2.26. The fourth-order valence-electron chi connectivity index (χ4n) is 2.65. The number of ether oxygens (including phenoxy) is 2. The third-order valence-electron chi connectivity index (χ3n) is 3.65. The minimum atomic E-state index is -0.277. The van der Waals surface area contributed by atoms with Crippen LogP contribution in [0.1, 0.15) is 36.7 Å². The Balaban J connectivity index is 2.73. The molecule has 0 saturated heterocycles. The van der Waals surface area contributed by atoms with Gasteiger partial charge in [-0.25, -0.2) is 0 Å². The van der Waals surface area contributed by atoms with E-state index in [-0.39, 0.29) is 11.2 Å². The summed E-state index contributed by atoms with van der Waals surface area (Å²) in [6.45, 7) is 6.01. The van der Waals surface area contributed by atoms with Crippen LogP contribution in [0.5, 0.6) is 11.5 Å². The maximum atomic E-state index is 12.3. The van der Waals surface area contributed by atoms with Crippen molar-refractivity contribution < 1.29 is 14.3 Å². The van der Waals surface area contributed by atoms with Crippen LogP contribution in [0.4, 0.5) is 0 Å². The molecular weight excluding hydrogens is 228 g/mol. The highest BCUT2D eigenvalue weighted by Gasteiger charge is 2.41. The summed E-state index contributed by atoms with van der Waals surface area (Å²) in [5.74, 6) is 1.34. The number of allylic oxidation sites excluding steroid dienone is 2. The van der Waals surface area contributed by atoms with Crippen molar-refractivity contribution in [1.29, 1.82) is 0 Å². The van der Waals surface area contributed by atoms with E-state index in [9.17, 15) is 4.79 Å². The summed E-state index contributed by atoms with van der Waals surface area (Å²) in [6, 6.07) is 3.68. The molecule has 1 aromatic carbocycles. The van der Waals surface area contributed by atoms with Gasteiger partial charge >= 0.3 is 0 Å². The van der Waals surface area contributed by atoms with Gasteiger partial charge in [0.25, 0.3) is 0 Å². The molecule has 2 rings (SSSR count). The van der Waals surface area contributed by atoms with Crippen LogP contribution in [0.25, 0.3) is 0 Å². The van der Waals surface area contributed by atoms with Gasteiger partial charge in [-0.2, -0.15) is 0 Å². The molecule has 0 unspecified atom stereocenters. The highest BCUT2D eigenvalue weighted by atomic mass is 16.5. The minimum Gasteiger partial charge on any atom is -0.493 e. The summed E-state index contributed by atoms with van der Waals surface area (Å²) < 4.78 is 10.6. The predicted molar refractivity (Wildman–Crippen MR) is 70.7 cm³/mol. The molecule has 1 aromatic rings. The van der Waals surface area contributed by atoms with Gasteiger partial charge in [-0.3, -0.25) is 4.79 Å². The first kappa shape index (κ1) is 12.7. The SMILES string of the molecule is C/C=C1\C(=O)c2cc(OC)c(OC)cc2C1(C)C. The molecule has 0 aromatic heterocycles. The molecule has 96 valence electrons. The van der Waals surface area contributed by atoms with E-state index in [4.69, 9.17) is 9.47 Å². The van der Waals surface area contributed by atoms with E-state index < -0.39 is 0 Å². The molecule has 0 amide bonds. The molecule has 1 aliphatic carbocycles. The third-order valence-corrected chi connectivity index (χ3v) is 3.65. The zero-order chi connectivity index (χ0) is 13.5. The first-order valence-corrected chi connectivity index (χ1v) is 5.95. The van der Waals surface area contributed by atoms with Crippen LogP contribution in [0.2, 0.25) is 0 Å². The lowest BCUT2D eigenvalue weighted by molar-refractivity contribution is 0.103. The van der Waals surface area contributed by atoms with Gasteiger partial charge in [0.05, 0.1) is 14.2 Å². The third kappa shape index (κ3) is 1.54. The topological polar surface area (TPSA) is 35.5 Å². The second-order valence-electron chi connectivity index (χ2n) is 4.91. The van der Waals surface area contributed by atoms with Gasteiger partial charge in [-0.05, 0) is 24.6 Å². The number of carbonyl (C=O) groups excluding carboxylic acids is 1. The van der Waals surface area contributed by atoms with Gasteiger partial charge in [0, 0.05) is 16.6 Å². The van der Waals surface area contributed by atoms with E-state index in [1.54, 1.807) is 20.3 Å². The zero-order valence-corrected chi connectivity index (χ0v) is 11.5. The Bertz CT molecular complexity index is 539. The first-order chi connectivity index (χ1) is 8.47. The van der Waals surface area contributed by atoms with Crippen LogP contribution in [0, 0.1) is 0 Å². The molecule has 0 heterocycles. The van der Waals surface area contributed by atoms with E-state index >= 15 is 0 Å². The smallest absolute Gasteiger partial charge is 0.190 e. The normalized spacial score (nSPS) is 18.9. The van der Waals surface area contributed by atoms with Crippen LogP contribution in [-0.4, -0.2) is 20.0 Å². The molecule has 0 aliphatic heterocycles. The number of rotatable bonds is 2. The van der Waals surface area contributed by atoms with Crippen LogP contribution in [-0.2, 0) is 5.41 Å². The fourth-order valence-corrected chi connectivity index (χ4v) is 2.65. The molecule has 0 radical (unpaired) electrons. The second-order valence-corrected chi connectivity index (χ2v) is 4.91. The molecule has 0 spiro atoms. The average molecular weight is 246 g/mol. The molecular formula is C15H18O3. The van der Waals surface area contributed by atoms with Gasteiger partial charge in [-0.1, -0.05) is 19.9 Å². The largest absolute Gasteiger partial charge is 0.493 e. The summed E-state index contributed by atoms with van der Waals surface area (Å²) in [6.07, 6.45) is 1.89. The van der Waals surface area contributed by atoms with Gasteiger partial charge in [-0.15, -0.1) is 0 Å². The van der Waals surface area contributed by atoms with Crippen LogP contribution in [0.3, 0.4) is 0 Å². The monoisotopic (exact) mass is 246 g/mol. The number of fused-ring (bicyclic) bond motifs is 1. The number of methoxy groups -OCH3 is 2. The van der Waals surface area contributed by atoms with Crippen molar-refractivity contribution in [2.75, 3.05) is 14.2 Å². The molecule has 3 nitrogen and oxygen atoms in total. The Morgan fingerprint density at radius 3 is 2.17 bits per heavy atom. The Morgan fingerprint density at radius 1 is 1.11 bits per heavy atom. The van der Waals surface area contributed by atoms with E-state index in [1.165, 1.54) is 0 Å². The van der Waals surface area contributed by atoms with Crippen molar-refractivity contribution in [2.45, 2.75) is 26.2 Å². The van der Waals surface area contributed by atoms with Crippen molar-refractivity contribution >= 4 is 5.78 Å². The van der Waals surface area contributed by atoms with E-state index in [0.717, 1.165) is 11.1 Å². The average Bonchev–Trinajstić information content (AvgIpc) is 2.55. The van der Waals surface area contributed by atoms with Crippen molar-refractivity contribution in [2.24, 2.45) is 0 Å². The lowest BCUT2D eigenvalue weighted by Gasteiger charge is -2.21. The number of hydrogen-bond acceptors (Lipinski definition) is 3.